The third-order valence-corrected chi connectivity index (χ3v) is 5.14. The summed E-state index contributed by atoms with van der Waals surface area (Å²) < 4.78 is 0. The highest BCUT2D eigenvalue weighted by Gasteiger charge is 2.18. The van der Waals surface area contributed by atoms with Gasteiger partial charge in [-0.15, -0.1) is 0 Å². The molecule has 4 nitrogen and oxygen atoms in total. The average molecular weight is 265 g/mol. The summed E-state index contributed by atoms with van der Waals surface area (Å²) in [6.07, 6.45) is 6.74. The fraction of sp³-hybridized carbons (Fsp3) is 0.692. The topological polar surface area (TPSA) is 57.8 Å². The number of aromatic nitrogens is 2. The van der Waals surface area contributed by atoms with Crippen molar-refractivity contribution in [2.75, 3.05) is 0 Å². The van der Waals surface area contributed by atoms with Gasteiger partial charge in [-0.3, -0.25) is 4.79 Å². The van der Waals surface area contributed by atoms with Crippen LogP contribution in [0.2, 0.25) is 0 Å². The second-order valence-electron chi connectivity index (χ2n) is 5.11. The number of nitrogens with zero attached hydrogens (tertiary/aromatic N) is 1. The lowest BCUT2D eigenvalue weighted by Crippen LogP contribution is -2.17. The molecule has 1 aliphatic carbocycles. The van der Waals surface area contributed by atoms with Gasteiger partial charge < -0.3 is 10.3 Å². The quantitative estimate of drug-likeness (QED) is 0.877. The second kappa shape index (κ2) is 5.45. The van der Waals surface area contributed by atoms with E-state index in [-0.39, 0.29) is 5.56 Å². The van der Waals surface area contributed by atoms with Crippen molar-refractivity contribution in [3.63, 3.8) is 0 Å². The van der Waals surface area contributed by atoms with Crippen molar-refractivity contribution in [2.45, 2.75) is 56.2 Å². The molecule has 1 fully saturated rings. The number of aromatic amines is 1. The van der Waals surface area contributed by atoms with Gasteiger partial charge >= 0.3 is 0 Å². The van der Waals surface area contributed by atoms with E-state index in [1.54, 1.807) is 0 Å². The summed E-state index contributed by atoms with van der Waals surface area (Å²) in [7, 11) is 0. The lowest BCUT2D eigenvalue weighted by atomic mass is 10.0. The van der Waals surface area contributed by atoms with E-state index >= 15 is 0 Å². The zero-order valence-corrected chi connectivity index (χ0v) is 11.3. The second-order valence-corrected chi connectivity index (χ2v) is 6.40. The number of thioether (sulfide) groups is 1. The summed E-state index contributed by atoms with van der Waals surface area (Å²) in [5, 5.41) is 3.93. The third-order valence-electron chi connectivity index (χ3n) is 3.75. The van der Waals surface area contributed by atoms with E-state index in [1.165, 1.54) is 32.1 Å². The SMILES string of the molecule is O=c1[nH]c(CSC2CCCCC2)nc2c1CNC2. The molecule has 5 heteroatoms. The molecule has 0 unspecified atom stereocenters. The van der Waals surface area contributed by atoms with Gasteiger partial charge in [0.2, 0.25) is 0 Å². The van der Waals surface area contributed by atoms with Gasteiger partial charge in [0.05, 0.1) is 17.0 Å². The fourth-order valence-corrected chi connectivity index (χ4v) is 3.92. The molecule has 18 heavy (non-hydrogen) atoms. The number of fused-ring (bicyclic) bond motifs is 1. The summed E-state index contributed by atoms with van der Waals surface area (Å²) in [6, 6.07) is 0. The van der Waals surface area contributed by atoms with E-state index in [4.69, 9.17) is 0 Å². The van der Waals surface area contributed by atoms with Crippen molar-refractivity contribution in [1.29, 1.82) is 0 Å². The molecular weight excluding hydrogens is 246 g/mol. The van der Waals surface area contributed by atoms with Gasteiger partial charge in [-0.1, -0.05) is 19.3 Å². The van der Waals surface area contributed by atoms with Gasteiger partial charge in [0.1, 0.15) is 5.82 Å². The summed E-state index contributed by atoms with van der Waals surface area (Å²) in [5.41, 5.74) is 1.81. The molecule has 1 aromatic rings. The Bertz CT molecular complexity index is 480. The van der Waals surface area contributed by atoms with Crippen LogP contribution in [-0.2, 0) is 18.8 Å². The van der Waals surface area contributed by atoms with Crippen LogP contribution in [0, 0.1) is 0 Å². The Kier molecular flexibility index (Phi) is 3.70. The number of nitrogens with one attached hydrogen (secondary N) is 2. The lowest BCUT2D eigenvalue weighted by Gasteiger charge is -2.20. The van der Waals surface area contributed by atoms with Crippen molar-refractivity contribution in [1.82, 2.24) is 15.3 Å². The Morgan fingerprint density at radius 3 is 2.89 bits per heavy atom. The maximum absolute atomic E-state index is 11.8. The minimum atomic E-state index is 0.0456. The Morgan fingerprint density at radius 2 is 2.06 bits per heavy atom. The van der Waals surface area contributed by atoms with Crippen LogP contribution in [0.5, 0.6) is 0 Å². The molecule has 3 rings (SSSR count). The summed E-state index contributed by atoms with van der Waals surface area (Å²) >= 11 is 1.95. The lowest BCUT2D eigenvalue weighted by molar-refractivity contribution is 0.516. The molecule has 0 aromatic carbocycles. The van der Waals surface area contributed by atoms with Crippen molar-refractivity contribution in [2.24, 2.45) is 0 Å². The highest BCUT2D eigenvalue weighted by molar-refractivity contribution is 7.99. The summed E-state index contributed by atoms with van der Waals surface area (Å²) in [5.74, 6) is 1.69. The normalized spacial score (nSPS) is 20.0. The molecule has 2 aliphatic rings. The molecule has 0 atom stereocenters. The van der Waals surface area contributed by atoms with Crippen molar-refractivity contribution in [3.05, 3.63) is 27.4 Å². The Hall–Kier alpha value is -0.810. The Morgan fingerprint density at radius 1 is 1.22 bits per heavy atom. The fourth-order valence-electron chi connectivity index (χ4n) is 2.73. The van der Waals surface area contributed by atoms with Gasteiger partial charge in [-0.2, -0.15) is 11.8 Å². The molecule has 98 valence electrons. The number of H-pyrrole nitrogens is 1. The number of hydrogen-bond acceptors (Lipinski definition) is 4. The van der Waals surface area contributed by atoms with Crippen LogP contribution in [0.1, 0.15) is 49.2 Å². The molecule has 2 N–H and O–H groups in total. The molecule has 1 aromatic heterocycles. The van der Waals surface area contributed by atoms with Crippen LogP contribution in [-0.4, -0.2) is 15.2 Å². The minimum Gasteiger partial charge on any atom is -0.310 e. The largest absolute Gasteiger partial charge is 0.310 e. The first-order valence-electron chi connectivity index (χ1n) is 6.76. The highest BCUT2D eigenvalue weighted by atomic mass is 32.2. The molecule has 2 heterocycles. The first kappa shape index (κ1) is 12.2. The zero-order valence-electron chi connectivity index (χ0n) is 10.5. The molecule has 0 amide bonds. The number of hydrogen-bond donors (Lipinski definition) is 2. The Balaban J connectivity index is 1.66. The molecule has 1 aliphatic heterocycles. The van der Waals surface area contributed by atoms with Crippen LogP contribution in [0.15, 0.2) is 4.79 Å². The van der Waals surface area contributed by atoms with Crippen LogP contribution in [0.3, 0.4) is 0 Å². The van der Waals surface area contributed by atoms with Crippen LogP contribution in [0.25, 0.3) is 0 Å². The third kappa shape index (κ3) is 2.62. The van der Waals surface area contributed by atoms with Gasteiger partial charge in [-0.05, 0) is 12.8 Å². The first-order valence-corrected chi connectivity index (χ1v) is 7.81. The van der Waals surface area contributed by atoms with Crippen LogP contribution < -0.4 is 10.9 Å². The van der Waals surface area contributed by atoms with E-state index in [0.29, 0.717) is 6.54 Å². The minimum absolute atomic E-state index is 0.0456. The molecule has 0 radical (unpaired) electrons. The van der Waals surface area contributed by atoms with E-state index in [1.807, 2.05) is 11.8 Å². The van der Waals surface area contributed by atoms with E-state index in [2.05, 4.69) is 15.3 Å². The highest BCUT2D eigenvalue weighted by Crippen LogP contribution is 2.29. The monoisotopic (exact) mass is 265 g/mol. The molecule has 0 spiro atoms. The van der Waals surface area contributed by atoms with Gasteiger partial charge in [0.25, 0.3) is 5.56 Å². The average Bonchev–Trinajstić information content (AvgIpc) is 2.86. The first-order chi connectivity index (χ1) is 8.83. The molecule has 0 bridgehead atoms. The van der Waals surface area contributed by atoms with E-state index in [9.17, 15) is 4.79 Å². The number of rotatable bonds is 3. The van der Waals surface area contributed by atoms with Gasteiger partial charge in [0.15, 0.2) is 0 Å². The Labute approximate surface area is 111 Å². The smallest absolute Gasteiger partial charge is 0.255 e. The predicted molar refractivity (Wildman–Crippen MR) is 73.6 cm³/mol. The maximum Gasteiger partial charge on any atom is 0.255 e. The predicted octanol–water partition coefficient (Wildman–Crippen LogP) is 1.94. The van der Waals surface area contributed by atoms with E-state index < -0.39 is 0 Å². The van der Waals surface area contributed by atoms with Gasteiger partial charge in [0, 0.05) is 18.3 Å². The van der Waals surface area contributed by atoms with Crippen molar-refractivity contribution >= 4 is 11.8 Å². The summed E-state index contributed by atoms with van der Waals surface area (Å²) in [4.78, 5) is 19.3. The molecule has 0 saturated heterocycles. The van der Waals surface area contributed by atoms with Crippen LogP contribution >= 0.6 is 11.8 Å². The van der Waals surface area contributed by atoms with Crippen molar-refractivity contribution in [3.8, 4) is 0 Å². The standard InChI is InChI=1S/C13H19N3OS/c17-13-10-6-14-7-11(10)15-12(16-13)8-18-9-4-2-1-3-5-9/h9,14H,1-8H2,(H,15,16,17). The maximum atomic E-state index is 11.8. The van der Waals surface area contributed by atoms with Crippen LogP contribution in [0.4, 0.5) is 0 Å². The molecule has 1 saturated carbocycles. The van der Waals surface area contributed by atoms with E-state index in [0.717, 1.165) is 34.6 Å². The molecular formula is C13H19N3OS. The summed E-state index contributed by atoms with van der Waals surface area (Å²) in [6.45, 7) is 1.40. The zero-order chi connectivity index (χ0) is 12.4. The van der Waals surface area contributed by atoms with Gasteiger partial charge in [-0.25, -0.2) is 4.98 Å². The van der Waals surface area contributed by atoms with Crippen molar-refractivity contribution < 1.29 is 0 Å².